The Morgan fingerprint density at radius 1 is 1.17 bits per heavy atom. The smallest absolute Gasteiger partial charge is 0.276 e. The summed E-state index contributed by atoms with van der Waals surface area (Å²) in [5.41, 5.74) is 2.86. The van der Waals surface area contributed by atoms with Crippen molar-refractivity contribution in [3.8, 4) is 22.9 Å². The van der Waals surface area contributed by atoms with Crippen LogP contribution in [0.2, 0.25) is 0 Å². The van der Waals surface area contributed by atoms with E-state index in [0.29, 0.717) is 36.0 Å². The Morgan fingerprint density at radius 3 is 2.80 bits per heavy atom. The maximum absolute atomic E-state index is 12.8. The third kappa shape index (κ3) is 3.28. The fraction of sp³-hybridized carbons (Fsp3) is 0.200. The molecule has 3 aromatic heterocycles. The van der Waals surface area contributed by atoms with Crippen molar-refractivity contribution in [2.24, 2.45) is 0 Å². The van der Waals surface area contributed by atoms with Gasteiger partial charge >= 0.3 is 0 Å². The minimum absolute atomic E-state index is 0.246. The summed E-state index contributed by atoms with van der Waals surface area (Å²) in [5, 5.41) is 11.9. The second kappa shape index (κ2) is 7.45. The number of anilines is 1. The van der Waals surface area contributed by atoms with Crippen LogP contribution >= 0.6 is 15.9 Å². The molecule has 0 spiro atoms. The molecule has 0 aliphatic carbocycles. The molecule has 0 radical (unpaired) electrons. The zero-order valence-corrected chi connectivity index (χ0v) is 17.6. The fourth-order valence-electron chi connectivity index (χ4n) is 3.23. The molecule has 4 aromatic rings. The van der Waals surface area contributed by atoms with Gasteiger partial charge in [-0.2, -0.15) is 10.2 Å². The van der Waals surface area contributed by atoms with Crippen LogP contribution in [-0.2, 0) is 6.54 Å². The Labute approximate surface area is 179 Å². The Kier molecular flexibility index (Phi) is 4.62. The SMILES string of the molecule is CCn1cc(Br)c(-c2ccnc3cc(C(=O)Nc4ccc5c(c4)OCCO5)nn23)n1. The van der Waals surface area contributed by atoms with Crippen LogP contribution in [0.4, 0.5) is 5.69 Å². The molecule has 0 fully saturated rings. The third-order valence-electron chi connectivity index (χ3n) is 4.67. The lowest BCUT2D eigenvalue weighted by Crippen LogP contribution is -2.16. The van der Waals surface area contributed by atoms with E-state index in [1.54, 1.807) is 35.0 Å². The van der Waals surface area contributed by atoms with E-state index >= 15 is 0 Å². The summed E-state index contributed by atoms with van der Waals surface area (Å²) in [6.07, 6.45) is 3.58. The van der Waals surface area contributed by atoms with Crippen LogP contribution in [-0.4, -0.2) is 43.5 Å². The molecule has 0 atom stereocenters. The average Bonchev–Trinajstić information content (AvgIpc) is 3.37. The molecule has 1 aliphatic rings. The number of ether oxygens (including phenoxy) is 2. The summed E-state index contributed by atoms with van der Waals surface area (Å²) < 4.78 is 15.4. The molecule has 0 unspecified atom stereocenters. The normalized spacial score (nSPS) is 12.9. The van der Waals surface area contributed by atoms with Gasteiger partial charge in [0.05, 0.1) is 10.2 Å². The largest absolute Gasteiger partial charge is 0.486 e. The second-order valence-electron chi connectivity index (χ2n) is 6.62. The number of nitrogens with zero attached hydrogens (tertiary/aromatic N) is 5. The van der Waals surface area contributed by atoms with Crippen LogP contribution in [0.5, 0.6) is 11.5 Å². The van der Waals surface area contributed by atoms with Gasteiger partial charge in [0.1, 0.15) is 18.9 Å². The van der Waals surface area contributed by atoms with Crippen molar-refractivity contribution in [1.29, 1.82) is 0 Å². The first-order valence-electron chi connectivity index (χ1n) is 9.41. The minimum Gasteiger partial charge on any atom is -0.486 e. The first-order valence-corrected chi connectivity index (χ1v) is 10.2. The van der Waals surface area contributed by atoms with Crippen LogP contribution in [0.15, 0.2) is 47.2 Å². The van der Waals surface area contributed by atoms with Gasteiger partial charge in [0.2, 0.25) is 0 Å². The molecule has 0 saturated heterocycles. The van der Waals surface area contributed by atoms with E-state index < -0.39 is 0 Å². The molecule has 5 rings (SSSR count). The number of fused-ring (bicyclic) bond motifs is 2. The van der Waals surface area contributed by atoms with Crippen molar-refractivity contribution < 1.29 is 14.3 Å². The van der Waals surface area contributed by atoms with E-state index in [2.05, 4.69) is 36.4 Å². The average molecular weight is 469 g/mol. The minimum atomic E-state index is -0.346. The third-order valence-corrected chi connectivity index (χ3v) is 5.25. The Morgan fingerprint density at radius 2 is 2.00 bits per heavy atom. The number of carbonyl (C=O) groups excluding carboxylic acids is 1. The quantitative estimate of drug-likeness (QED) is 0.493. The number of halogens is 1. The molecular weight excluding hydrogens is 452 g/mol. The van der Waals surface area contributed by atoms with E-state index in [-0.39, 0.29) is 11.6 Å². The zero-order chi connectivity index (χ0) is 20.7. The lowest BCUT2D eigenvalue weighted by molar-refractivity contribution is 0.102. The maximum Gasteiger partial charge on any atom is 0.276 e. The van der Waals surface area contributed by atoms with Crippen LogP contribution in [0.3, 0.4) is 0 Å². The van der Waals surface area contributed by atoms with Crippen LogP contribution < -0.4 is 14.8 Å². The topological polar surface area (TPSA) is 95.6 Å². The summed E-state index contributed by atoms with van der Waals surface area (Å²) >= 11 is 3.54. The van der Waals surface area contributed by atoms with Gasteiger partial charge in [-0.1, -0.05) is 0 Å². The van der Waals surface area contributed by atoms with Gasteiger partial charge in [-0.25, -0.2) is 9.50 Å². The molecule has 1 amide bonds. The predicted molar refractivity (Wildman–Crippen MR) is 113 cm³/mol. The fourth-order valence-corrected chi connectivity index (χ4v) is 3.75. The van der Waals surface area contributed by atoms with Gasteiger partial charge < -0.3 is 14.8 Å². The van der Waals surface area contributed by atoms with Crippen molar-refractivity contribution in [3.63, 3.8) is 0 Å². The van der Waals surface area contributed by atoms with Crippen LogP contribution in [0.1, 0.15) is 17.4 Å². The summed E-state index contributed by atoms with van der Waals surface area (Å²) in [5.74, 6) is 0.925. The lowest BCUT2D eigenvalue weighted by Gasteiger charge is -2.18. The van der Waals surface area contributed by atoms with Crippen molar-refractivity contribution >= 4 is 33.2 Å². The highest BCUT2D eigenvalue weighted by molar-refractivity contribution is 9.10. The highest BCUT2D eigenvalue weighted by atomic mass is 79.9. The Bertz CT molecular complexity index is 1260. The number of hydrogen-bond acceptors (Lipinski definition) is 6. The van der Waals surface area contributed by atoms with Crippen molar-refractivity contribution in [2.75, 3.05) is 18.5 Å². The molecule has 0 saturated carbocycles. The zero-order valence-electron chi connectivity index (χ0n) is 16.0. The van der Waals surface area contributed by atoms with Gasteiger partial charge in [0, 0.05) is 36.8 Å². The molecule has 1 N–H and O–H groups in total. The number of hydrogen-bond donors (Lipinski definition) is 1. The highest BCUT2D eigenvalue weighted by Crippen LogP contribution is 2.33. The molecule has 0 bridgehead atoms. The first-order chi connectivity index (χ1) is 14.6. The summed E-state index contributed by atoms with van der Waals surface area (Å²) in [7, 11) is 0. The van der Waals surface area contributed by atoms with Crippen LogP contribution in [0, 0.1) is 0 Å². The predicted octanol–water partition coefficient (Wildman–Crippen LogP) is 3.40. The highest BCUT2D eigenvalue weighted by Gasteiger charge is 2.18. The molecule has 1 aromatic carbocycles. The number of nitrogens with one attached hydrogen (secondary N) is 1. The lowest BCUT2D eigenvalue weighted by atomic mass is 10.2. The van der Waals surface area contributed by atoms with Gasteiger partial charge in [0.25, 0.3) is 5.91 Å². The van der Waals surface area contributed by atoms with Crippen molar-refractivity contribution in [2.45, 2.75) is 13.5 Å². The van der Waals surface area contributed by atoms with Gasteiger partial charge in [-0.05, 0) is 41.1 Å². The monoisotopic (exact) mass is 468 g/mol. The maximum atomic E-state index is 12.8. The summed E-state index contributed by atoms with van der Waals surface area (Å²) in [6.45, 7) is 3.76. The molecule has 4 heterocycles. The number of rotatable bonds is 4. The first kappa shape index (κ1) is 18.6. The van der Waals surface area contributed by atoms with E-state index in [4.69, 9.17) is 9.47 Å². The standard InChI is InChI=1S/C20H17BrN6O3/c1-2-26-11-13(21)19(25-26)15-5-6-22-18-10-14(24-27(15)18)20(28)23-12-3-4-16-17(9-12)30-8-7-29-16/h3-6,9-11H,2,7-8H2,1H3,(H,23,28). The van der Waals surface area contributed by atoms with E-state index in [9.17, 15) is 4.79 Å². The number of aryl methyl sites for hydroxylation is 1. The second-order valence-corrected chi connectivity index (χ2v) is 7.48. The molecule has 1 aliphatic heterocycles. The van der Waals surface area contributed by atoms with Crippen molar-refractivity contribution in [3.05, 3.63) is 52.9 Å². The Hall–Kier alpha value is -3.40. The van der Waals surface area contributed by atoms with E-state index in [1.165, 1.54) is 0 Å². The number of amides is 1. The summed E-state index contributed by atoms with van der Waals surface area (Å²) in [4.78, 5) is 17.1. The van der Waals surface area contributed by atoms with Gasteiger partial charge in [-0.15, -0.1) is 0 Å². The molecular formula is C20H17BrN6O3. The van der Waals surface area contributed by atoms with E-state index in [0.717, 1.165) is 22.4 Å². The molecule has 9 nitrogen and oxygen atoms in total. The number of aromatic nitrogens is 5. The number of benzene rings is 1. The van der Waals surface area contributed by atoms with Gasteiger partial charge in [0.15, 0.2) is 22.8 Å². The molecule has 10 heteroatoms. The van der Waals surface area contributed by atoms with Gasteiger partial charge in [-0.3, -0.25) is 9.48 Å². The van der Waals surface area contributed by atoms with Crippen LogP contribution in [0.25, 0.3) is 17.0 Å². The van der Waals surface area contributed by atoms with Crippen molar-refractivity contribution in [1.82, 2.24) is 24.4 Å². The van der Waals surface area contributed by atoms with E-state index in [1.807, 2.05) is 23.9 Å². The molecule has 30 heavy (non-hydrogen) atoms. The summed E-state index contributed by atoms with van der Waals surface area (Å²) in [6, 6.07) is 8.73. The molecule has 152 valence electrons. The number of carbonyl (C=O) groups is 1. The Balaban J connectivity index is 1.46.